The maximum absolute atomic E-state index is 13.2. The predicted octanol–water partition coefficient (Wildman–Crippen LogP) is 3.96. The molecule has 1 saturated heterocycles. The van der Waals surface area contributed by atoms with Gasteiger partial charge >= 0.3 is 0 Å². The minimum absolute atomic E-state index is 0.0237. The Balaban J connectivity index is 1.98. The second-order valence-electron chi connectivity index (χ2n) is 6.15. The molecule has 1 unspecified atom stereocenters. The lowest BCUT2D eigenvalue weighted by Crippen LogP contribution is -2.33. The van der Waals surface area contributed by atoms with Crippen LogP contribution in [0, 0.1) is 12.8 Å². The molecule has 2 aromatic carbocycles. The molecule has 0 radical (unpaired) electrons. The van der Waals surface area contributed by atoms with Crippen LogP contribution in [-0.2, 0) is 0 Å². The molecule has 3 rings (SSSR count). The Morgan fingerprint density at radius 1 is 1.00 bits per heavy atom. The van der Waals surface area contributed by atoms with Crippen LogP contribution in [-0.4, -0.2) is 18.9 Å². The Hall–Kier alpha value is -1.93. The van der Waals surface area contributed by atoms with Crippen molar-refractivity contribution in [2.24, 2.45) is 5.92 Å². The third-order valence-electron chi connectivity index (χ3n) is 4.71. The summed E-state index contributed by atoms with van der Waals surface area (Å²) in [6, 6.07) is 18.2. The van der Waals surface area contributed by atoms with E-state index >= 15 is 0 Å². The van der Waals surface area contributed by atoms with E-state index in [1.165, 1.54) is 0 Å². The minimum atomic E-state index is -0.0237. The Labute approximate surface area is 132 Å². The van der Waals surface area contributed by atoms with Gasteiger partial charge in [-0.25, -0.2) is 0 Å². The van der Waals surface area contributed by atoms with E-state index in [0.717, 1.165) is 42.6 Å². The van der Waals surface area contributed by atoms with Crippen LogP contribution in [0.2, 0.25) is 0 Å². The minimum Gasteiger partial charge on any atom is -0.317 e. The fraction of sp³-hybridized carbons (Fsp3) is 0.350. The molecule has 1 N–H and O–H groups in total. The van der Waals surface area contributed by atoms with Crippen molar-refractivity contribution in [2.45, 2.75) is 25.7 Å². The number of piperidine rings is 1. The van der Waals surface area contributed by atoms with Gasteiger partial charge in [0.25, 0.3) is 0 Å². The van der Waals surface area contributed by atoms with Gasteiger partial charge in [-0.15, -0.1) is 0 Å². The van der Waals surface area contributed by atoms with Crippen LogP contribution in [0.25, 0.3) is 0 Å². The summed E-state index contributed by atoms with van der Waals surface area (Å²) in [4.78, 5) is 13.2. The van der Waals surface area contributed by atoms with E-state index in [4.69, 9.17) is 0 Å². The number of rotatable bonds is 4. The molecule has 0 bridgehead atoms. The zero-order chi connectivity index (χ0) is 15.4. The zero-order valence-electron chi connectivity index (χ0n) is 13.1. The van der Waals surface area contributed by atoms with Crippen LogP contribution in [0.15, 0.2) is 54.6 Å². The molecule has 2 heteroatoms. The van der Waals surface area contributed by atoms with Gasteiger partial charge in [0.1, 0.15) is 0 Å². The number of Topliss-reactive ketones (excluding diaryl/α,β-unsaturated/α-hetero) is 1. The van der Waals surface area contributed by atoms with Crippen LogP contribution in [0.4, 0.5) is 0 Å². The highest BCUT2D eigenvalue weighted by Crippen LogP contribution is 2.34. The first kappa shape index (κ1) is 15.0. The van der Waals surface area contributed by atoms with E-state index in [1.54, 1.807) is 0 Å². The van der Waals surface area contributed by atoms with E-state index in [2.05, 4.69) is 17.4 Å². The Morgan fingerprint density at radius 3 is 2.32 bits per heavy atom. The molecule has 2 aromatic rings. The standard InChI is InChI=1S/C20H23NO/c1-15-7-5-6-10-18(15)20(22)19(16-8-3-2-4-9-16)17-11-13-21-14-12-17/h2-10,17,19,21H,11-14H2,1H3. The summed E-state index contributed by atoms with van der Waals surface area (Å²) in [5.41, 5.74) is 3.10. The summed E-state index contributed by atoms with van der Waals surface area (Å²) >= 11 is 0. The molecule has 1 heterocycles. The number of ketones is 1. The number of benzene rings is 2. The van der Waals surface area contributed by atoms with Gasteiger partial charge < -0.3 is 5.32 Å². The van der Waals surface area contributed by atoms with Crippen molar-refractivity contribution < 1.29 is 4.79 Å². The van der Waals surface area contributed by atoms with E-state index in [0.29, 0.717) is 5.92 Å². The van der Waals surface area contributed by atoms with E-state index < -0.39 is 0 Å². The van der Waals surface area contributed by atoms with Gasteiger partial charge in [0, 0.05) is 5.56 Å². The Bertz CT molecular complexity index is 629. The van der Waals surface area contributed by atoms with Crippen LogP contribution in [0.5, 0.6) is 0 Å². The van der Waals surface area contributed by atoms with E-state index in [1.807, 2.05) is 49.4 Å². The molecule has 1 aliphatic heterocycles. The van der Waals surface area contributed by atoms with E-state index in [9.17, 15) is 4.79 Å². The number of aryl methyl sites for hydroxylation is 1. The van der Waals surface area contributed by atoms with Crippen LogP contribution < -0.4 is 5.32 Å². The predicted molar refractivity (Wildman–Crippen MR) is 90.3 cm³/mol. The molecular weight excluding hydrogens is 270 g/mol. The van der Waals surface area contributed by atoms with E-state index in [-0.39, 0.29) is 11.7 Å². The second kappa shape index (κ2) is 6.89. The molecule has 22 heavy (non-hydrogen) atoms. The quantitative estimate of drug-likeness (QED) is 0.865. The number of carbonyl (C=O) groups is 1. The number of nitrogens with one attached hydrogen (secondary N) is 1. The monoisotopic (exact) mass is 293 g/mol. The molecule has 0 spiro atoms. The summed E-state index contributed by atoms with van der Waals surface area (Å²) < 4.78 is 0. The number of hydrogen-bond donors (Lipinski definition) is 1. The highest BCUT2D eigenvalue weighted by atomic mass is 16.1. The van der Waals surface area contributed by atoms with Gasteiger partial charge in [0.05, 0.1) is 5.92 Å². The van der Waals surface area contributed by atoms with Crippen molar-refractivity contribution in [3.63, 3.8) is 0 Å². The lowest BCUT2D eigenvalue weighted by molar-refractivity contribution is 0.0915. The van der Waals surface area contributed by atoms with Crippen molar-refractivity contribution in [3.8, 4) is 0 Å². The molecule has 0 aromatic heterocycles. The van der Waals surface area contributed by atoms with Crippen molar-refractivity contribution in [1.82, 2.24) is 5.32 Å². The molecule has 0 saturated carbocycles. The zero-order valence-corrected chi connectivity index (χ0v) is 13.1. The van der Waals surface area contributed by atoms with Crippen LogP contribution in [0.3, 0.4) is 0 Å². The molecular formula is C20H23NO. The molecule has 1 fully saturated rings. The third kappa shape index (κ3) is 3.12. The maximum atomic E-state index is 13.2. The summed E-state index contributed by atoms with van der Waals surface area (Å²) in [6.07, 6.45) is 2.13. The highest BCUT2D eigenvalue weighted by Gasteiger charge is 2.31. The highest BCUT2D eigenvalue weighted by molar-refractivity contribution is 6.02. The van der Waals surface area contributed by atoms with Crippen molar-refractivity contribution >= 4 is 5.78 Å². The molecule has 2 nitrogen and oxygen atoms in total. The molecule has 114 valence electrons. The molecule has 0 amide bonds. The summed E-state index contributed by atoms with van der Waals surface area (Å²) in [6.45, 7) is 4.04. The SMILES string of the molecule is Cc1ccccc1C(=O)C(c1ccccc1)C1CCNCC1. The first-order valence-electron chi connectivity index (χ1n) is 8.13. The first-order chi connectivity index (χ1) is 10.8. The fourth-order valence-corrected chi connectivity index (χ4v) is 3.49. The molecule has 1 aliphatic rings. The fourth-order valence-electron chi connectivity index (χ4n) is 3.49. The molecule has 1 atom stereocenters. The van der Waals surface area contributed by atoms with Gasteiger partial charge in [-0.2, -0.15) is 0 Å². The van der Waals surface area contributed by atoms with Gasteiger partial charge in [-0.3, -0.25) is 4.79 Å². The molecule has 0 aliphatic carbocycles. The Morgan fingerprint density at radius 2 is 1.64 bits per heavy atom. The lowest BCUT2D eigenvalue weighted by atomic mass is 9.76. The smallest absolute Gasteiger partial charge is 0.170 e. The van der Waals surface area contributed by atoms with Crippen molar-refractivity contribution in [1.29, 1.82) is 0 Å². The van der Waals surface area contributed by atoms with Gasteiger partial charge in [0.2, 0.25) is 0 Å². The van der Waals surface area contributed by atoms with Crippen LogP contribution >= 0.6 is 0 Å². The largest absolute Gasteiger partial charge is 0.317 e. The van der Waals surface area contributed by atoms with Crippen molar-refractivity contribution in [2.75, 3.05) is 13.1 Å². The van der Waals surface area contributed by atoms with Gasteiger partial charge in [0.15, 0.2) is 5.78 Å². The summed E-state index contributed by atoms with van der Waals surface area (Å²) in [7, 11) is 0. The first-order valence-corrected chi connectivity index (χ1v) is 8.13. The van der Waals surface area contributed by atoms with Crippen LogP contribution in [0.1, 0.15) is 40.2 Å². The van der Waals surface area contributed by atoms with Crippen molar-refractivity contribution in [3.05, 3.63) is 71.3 Å². The maximum Gasteiger partial charge on any atom is 0.170 e. The normalized spacial score (nSPS) is 17.1. The summed E-state index contributed by atoms with van der Waals surface area (Å²) in [5.74, 6) is 0.677. The topological polar surface area (TPSA) is 29.1 Å². The average Bonchev–Trinajstić information content (AvgIpc) is 2.57. The third-order valence-corrected chi connectivity index (χ3v) is 4.71. The number of hydrogen-bond acceptors (Lipinski definition) is 2. The second-order valence-corrected chi connectivity index (χ2v) is 6.15. The number of carbonyl (C=O) groups excluding carboxylic acids is 1. The summed E-state index contributed by atoms with van der Waals surface area (Å²) in [5, 5.41) is 3.40. The Kier molecular flexibility index (Phi) is 4.69. The van der Waals surface area contributed by atoms with Gasteiger partial charge in [-0.1, -0.05) is 54.6 Å². The van der Waals surface area contributed by atoms with Gasteiger partial charge in [-0.05, 0) is 49.9 Å². The lowest BCUT2D eigenvalue weighted by Gasteiger charge is -2.30. The average molecular weight is 293 g/mol.